The first-order chi connectivity index (χ1) is 10.7. The summed E-state index contributed by atoms with van der Waals surface area (Å²) < 4.78 is 1.65. The standard InChI is InChI=1S/C17H11Cl2N3/c18-13-8-6-12(7-9-13)16-15(10-11-20)17(19)22(21-16)14-4-2-1-3-5-14/h1-9H,10H2. The molecule has 1 heterocycles. The van der Waals surface area contributed by atoms with E-state index in [0.29, 0.717) is 15.9 Å². The number of nitriles is 1. The Bertz CT molecular complexity index is 831. The SMILES string of the molecule is N#CCc1c(-c2ccc(Cl)cc2)nn(-c2ccccc2)c1Cl. The molecule has 0 aliphatic heterocycles. The molecule has 5 heteroatoms. The fourth-order valence-electron chi connectivity index (χ4n) is 2.25. The molecule has 2 aromatic carbocycles. The summed E-state index contributed by atoms with van der Waals surface area (Å²) in [7, 11) is 0. The van der Waals surface area contributed by atoms with Crippen LogP contribution in [0.15, 0.2) is 54.6 Å². The molecule has 0 bridgehead atoms. The Kier molecular flexibility index (Phi) is 4.15. The van der Waals surface area contributed by atoms with Crippen molar-refractivity contribution in [3.8, 4) is 23.0 Å². The average Bonchev–Trinajstić information content (AvgIpc) is 2.87. The molecule has 22 heavy (non-hydrogen) atoms. The highest BCUT2D eigenvalue weighted by atomic mass is 35.5. The van der Waals surface area contributed by atoms with E-state index in [0.717, 1.165) is 16.8 Å². The predicted octanol–water partition coefficient (Wildman–Crippen LogP) is 4.91. The minimum absolute atomic E-state index is 0.198. The van der Waals surface area contributed by atoms with E-state index in [2.05, 4.69) is 11.2 Å². The van der Waals surface area contributed by atoms with Crippen molar-refractivity contribution in [2.75, 3.05) is 0 Å². The Morgan fingerprint density at radius 2 is 1.68 bits per heavy atom. The summed E-state index contributed by atoms with van der Waals surface area (Å²) in [6.45, 7) is 0. The number of benzene rings is 2. The second-order valence-corrected chi connectivity index (χ2v) is 5.50. The largest absolute Gasteiger partial charge is 0.221 e. The Morgan fingerprint density at radius 1 is 1.00 bits per heavy atom. The van der Waals surface area contributed by atoms with Crippen LogP contribution >= 0.6 is 23.2 Å². The maximum atomic E-state index is 9.07. The number of hydrogen-bond acceptors (Lipinski definition) is 2. The van der Waals surface area contributed by atoms with E-state index in [4.69, 9.17) is 28.5 Å². The van der Waals surface area contributed by atoms with Crippen molar-refractivity contribution in [1.29, 1.82) is 5.26 Å². The minimum atomic E-state index is 0.198. The molecular weight excluding hydrogens is 317 g/mol. The summed E-state index contributed by atoms with van der Waals surface area (Å²) in [5, 5.41) is 14.8. The molecule has 0 aliphatic rings. The molecule has 0 radical (unpaired) electrons. The highest BCUT2D eigenvalue weighted by Gasteiger charge is 2.18. The third-order valence-corrected chi connectivity index (χ3v) is 3.94. The lowest BCUT2D eigenvalue weighted by Crippen LogP contribution is -1.96. The summed E-state index contributed by atoms with van der Waals surface area (Å²) in [6.07, 6.45) is 0.198. The van der Waals surface area contributed by atoms with Gasteiger partial charge in [-0.1, -0.05) is 53.5 Å². The molecule has 0 unspecified atom stereocenters. The van der Waals surface area contributed by atoms with Crippen LogP contribution in [0.4, 0.5) is 0 Å². The first-order valence-electron chi connectivity index (χ1n) is 6.66. The summed E-state index contributed by atoms with van der Waals surface area (Å²) >= 11 is 12.4. The summed E-state index contributed by atoms with van der Waals surface area (Å²) in [4.78, 5) is 0. The fourth-order valence-corrected chi connectivity index (χ4v) is 2.66. The molecule has 1 aromatic heterocycles. The van der Waals surface area contributed by atoms with Gasteiger partial charge < -0.3 is 0 Å². The molecular formula is C17H11Cl2N3. The smallest absolute Gasteiger partial charge is 0.137 e. The van der Waals surface area contributed by atoms with Crippen LogP contribution in [0.1, 0.15) is 5.56 Å². The van der Waals surface area contributed by atoms with E-state index < -0.39 is 0 Å². The topological polar surface area (TPSA) is 41.6 Å². The molecule has 0 atom stereocenters. The van der Waals surface area contributed by atoms with Gasteiger partial charge in [-0.25, -0.2) is 4.68 Å². The molecule has 0 aliphatic carbocycles. The minimum Gasteiger partial charge on any atom is -0.221 e. The van der Waals surface area contributed by atoms with Crippen molar-refractivity contribution >= 4 is 23.2 Å². The Labute approximate surface area is 138 Å². The number of rotatable bonds is 3. The number of para-hydroxylation sites is 1. The van der Waals surface area contributed by atoms with Gasteiger partial charge in [0.2, 0.25) is 0 Å². The molecule has 0 amide bonds. The Hall–Kier alpha value is -2.28. The third-order valence-electron chi connectivity index (χ3n) is 3.30. The monoisotopic (exact) mass is 327 g/mol. The van der Waals surface area contributed by atoms with E-state index in [1.165, 1.54) is 0 Å². The zero-order valence-corrected chi connectivity index (χ0v) is 13.0. The molecule has 108 valence electrons. The van der Waals surface area contributed by atoms with Crippen molar-refractivity contribution in [3.63, 3.8) is 0 Å². The first kappa shape index (κ1) is 14.6. The maximum absolute atomic E-state index is 9.07. The average molecular weight is 328 g/mol. The van der Waals surface area contributed by atoms with Crippen LogP contribution in [0.5, 0.6) is 0 Å². The van der Waals surface area contributed by atoms with Crippen molar-refractivity contribution in [1.82, 2.24) is 9.78 Å². The lowest BCUT2D eigenvalue weighted by atomic mass is 10.1. The van der Waals surface area contributed by atoms with Gasteiger partial charge in [0.15, 0.2) is 0 Å². The molecule has 0 spiro atoms. The van der Waals surface area contributed by atoms with Crippen LogP contribution in [-0.4, -0.2) is 9.78 Å². The van der Waals surface area contributed by atoms with Crippen LogP contribution < -0.4 is 0 Å². The van der Waals surface area contributed by atoms with Gasteiger partial charge in [-0.3, -0.25) is 0 Å². The normalized spacial score (nSPS) is 10.4. The van der Waals surface area contributed by atoms with Gasteiger partial charge in [-0.15, -0.1) is 0 Å². The highest BCUT2D eigenvalue weighted by Crippen LogP contribution is 2.31. The zero-order chi connectivity index (χ0) is 15.5. The van der Waals surface area contributed by atoms with Gasteiger partial charge in [-0.05, 0) is 24.3 Å². The van der Waals surface area contributed by atoms with Crippen LogP contribution in [0, 0.1) is 11.3 Å². The summed E-state index contributed by atoms with van der Waals surface area (Å²) in [5.74, 6) is 0. The van der Waals surface area contributed by atoms with E-state index >= 15 is 0 Å². The molecule has 3 aromatic rings. The molecule has 0 saturated carbocycles. The van der Waals surface area contributed by atoms with E-state index in [9.17, 15) is 0 Å². The zero-order valence-electron chi connectivity index (χ0n) is 11.5. The Morgan fingerprint density at radius 3 is 2.32 bits per heavy atom. The van der Waals surface area contributed by atoms with E-state index in [1.807, 2.05) is 42.5 Å². The van der Waals surface area contributed by atoms with Crippen molar-refractivity contribution in [2.45, 2.75) is 6.42 Å². The van der Waals surface area contributed by atoms with Crippen molar-refractivity contribution in [2.24, 2.45) is 0 Å². The van der Waals surface area contributed by atoms with Gasteiger partial charge in [0, 0.05) is 16.1 Å². The first-order valence-corrected chi connectivity index (χ1v) is 7.42. The maximum Gasteiger partial charge on any atom is 0.137 e. The molecule has 0 N–H and O–H groups in total. The molecule has 0 fully saturated rings. The van der Waals surface area contributed by atoms with Gasteiger partial charge in [-0.2, -0.15) is 10.4 Å². The van der Waals surface area contributed by atoms with Gasteiger partial charge in [0.05, 0.1) is 23.9 Å². The lowest BCUT2D eigenvalue weighted by molar-refractivity contribution is 0.884. The lowest BCUT2D eigenvalue weighted by Gasteiger charge is -2.01. The van der Waals surface area contributed by atoms with Crippen molar-refractivity contribution in [3.05, 3.63) is 70.3 Å². The number of halogens is 2. The van der Waals surface area contributed by atoms with Crippen LogP contribution in [-0.2, 0) is 6.42 Å². The second-order valence-electron chi connectivity index (χ2n) is 4.71. The van der Waals surface area contributed by atoms with Gasteiger partial charge in [0.25, 0.3) is 0 Å². The van der Waals surface area contributed by atoms with Crippen LogP contribution in [0.2, 0.25) is 10.2 Å². The van der Waals surface area contributed by atoms with Crippen molar-refractivity contribution < 1.29 is 0 Å². The van der Waals surface area contributed by atoms with Crippen LogP contribution in [0.3, 0.4) is 0 Å². The molecule has 3 nitrogen and oxygen atoms in total. The summed E-state index contributed by atoms with van der Waals surface area (Å²) in [5.41, 5.74) is 3.15. The molecule has 0 saturated heterocycles. The summed E-state index contributed by atoms with van der Waals surface area (Å²) in [6, 6.07) is 19.1. The van der Waals surface area contributed by atoms with Gasteiger partial charge in [0.1, 0.15) is 5.15 Å². The number of hydrogen-bond donors (Lipinski definition) is 0. The fraction of sp³-hybridized carbons (Fsp3) is 0.0588. The predicted molar refractivity (Wildman–Crippen MR) is 88.3 cm³/mol. The van der Waals surface area contributed by atoms with E-state index in [-0.39, 0.29) is 6.42 Å². The number of nitrogens with zero attached hydrogens (tertiary/aromatic N) is 3. The molecule has 3 rings (SSSR count). The second kappa shape index (κ2) is 6.23. The third kappa shape index (κ3) is 2.71. The number of aromatic nitrogens is 2. The van der Waals surface area contributed by atoms with E-state index in [1.54, 1.807) is 16.8 Å². The van der Waals surface area contributed by atoms with Gasteiger partial charge >= 0.3 is 0 Å². The highest BCUT2D eigenvalue weighted by molar-refractivity contribution is 6.31. The Balaban J connectivity index is 2.18. The van der Waals surface area contributed by atoms with Crippen LogP contribution in [0.25, 0.3) is 16.9 Å². The quantitative estimate of drug-likeness (QED) is 0.685.